The number of nitrogens with one attached hydrogen (secondary N) is 1. The highest BCUT2D eigenvalue weighted by Gasteiger charge is 2.24. The lowest BCUT2D eigenvalue weighted by molar-refractivity contribution is -0.119. The van der Waals surface area contributed by atoms with E-state index in [9.17, 15) is 9.59 Å². The third kappa shape index (κ3) is 6.09. The number of aryl methyl sites for hydroxylation is 1. The molecule has 0 aromatic heterocycles. The summed E-state index contributed by atoms with van der Waals surface area (Å²) in [6.45, 7) is 11.5. The van der Waals surface area contributed by atoms with Crippen molar-refractivity contribution in [2.45, 2.75) is 59.3 Å². The Kier molecular flexibility index (Phi) is 7.04. The molecule has 2 aromatic rings. The molecule has 166 valence electrons. The van der Waals surface area contributed by atoms with Crippen LogP contribution in [0.1, 0.15) is 58.6 Å². The van der Waals surface area contributed by atoms with Gasteiger partial charge in [0.1, 0.15) is 5.75 Å². The molecule has 1 aliphatic rings. The molecule has 3 rings (SSSR count). The zero-order valence-corrected chi connectivity index (χ0v) is 19.3. The van der Waals surface area contributed by atoms with Crippen LogP contribution in [0.3, 0.4) is 0 Å². The van der Waals surface area contributed by atoms with Crippen LogP contribution >= 0.6 is 0 Å². The third-order valence-corrected chi connectivity index (χ3v) is 5.58. The van der Waals surface area contributed by atoms with E-state index in [0.717, 1.165) is 29.9 Å². The fourth-order valence-corrected chi connectivity index (χ4v) is 3.67. The van der Waals surface area contributed by atoms with Gasteiger partial charge in [-0.25, -0.2) is 0 Å². The first-order valence-electron chi connectivity index (χ1n) is 11.1. The highest BCUT2D eigenvalue weighted by Crippen LogP contribution is 2.31. The van der Waals surface area contributed by atoms with Gasteiger partial charge in [-0.2, -0.15) is 0 Å². The Hall–Kier alpha value is -2.82. The van der Waals surface area contributed by atoms with E-state index in [1.807, 2.05) is 47.4 Å². The highest BCUT2D eigenvalue weighted by molar-refractivity contribution is 5.97. The van der Waals surface area contributed by atoms with Gasteiger partial charge in [-0.15, -0.1) is 0 Å². The molecular formula is C26H34N2O3. The van der Waals surface area contributed by atoms with Crippen molar-refractivity contribution in [2.24, 2.45) is 5.92 Å². The minimum absolute atomic E-state index is 0.0506. The molecule has 0 fully saturated rings. The van der Waals surface area contributed by atoms with Crippen LogP contribution in [0.2, 0.25) is 0 Å². The van der Waals surface area contributed by atoms with Gasteiger partial charge in [0.25, 0.3) is 5.91 Å². The van der Waals surface area contributed by atoms with Gasteiger partial charge in [-0.3, -0.25) is 9.59 Å². The quantitative estimate of drug-likeness (QED) is 0.656. The van der Waals surface area contributed by atoms with E-state index in [0.29, 0.717) is 24.5 Å². The Morgan fingerprint density at radius 2 is 1.81 bits per heavy atom. The Balaban J connectivity index is 1.59. The summed E-state index contributed by atoms with van der Waals surface area (Å²) in [4.78, 5) is 26.6. The molecule has 0 aliphatic carbocycles. The number of benzene rings is 2. The number of hydrogen-bond donors (Lipinski definition) is 1. The molecule has 0 spiro atoms. The van der Waals surface area contributed by atoms with E-state index in [1.165, 1.54) is 5.56 Å². The number of carbonyl (C=O) groups excluding carboxylic acids is 2. The number of amides is 2. The summed E-state index contributed by atoms with van der Waals surface area (Å²) in [7, 11) is 0. The van der Waals surface area contributed by atoms with Gasteiger partial charge in [0, 0.05) is 24.3 Å². The van der Waals surface area contributed by atoms with Gasteiger partial charge < -0.3 is 15.0 Å². The molecule has 5 heteroatoms. The van der Waals surface area contributed by atoms with Crippen molar-refractivity contribution in [2.75, 3.05) is 23.4 Å². The molecule has 1 heterocycles. The summed E-state index contributed by atoms with van der Waals surface area (Å²) in [5.74, 6) is 1.19. The van der Waals surface area contributed by atoms with Crippen LogP contribution in [0.5, 0.6) is 5.75 Å². The number of rotatable bonds is 7. The van der Waals surface area contributed by atoms with E-state index in [1.54, 1.807) is 0 Å². The lowest BCUT2D eigenvalue weighted by atomic mass is 9.87. The summed E-state index contributed by atoms with van der Waals surface area (Å²) in [6, 6.07) is 13.6. The maximum absolute atomic E-state index is 12.4. The second kappa shape index (κ2) is 9.54. The zero-order valence-electron chi connectivity index (χ0n) is 19.3. The van der Waals surface area contributed by atoms with Gasteiger partial charge >= 0.3 is 0 Å². The van der Waals surface area contributed by atoms with E-state index in [4.69, 9.17) is 4.74 Å². The number of carbonyl (C=O) groups is 2. The molecule has 1 N–H and O–H groups in total. The molecule has 1 aliphatic heterocycles. The van der Waals surface area contributed by atoms with Crippen molar-refractivity contribution in [1.82, 2.24) is 0 Å². The van der Waals surface area contributed by atoms with Crippen LogP contribution in [-0.4, -0.2) is 25.0 Å². The fourth-order valence-electron chi connectivity index (χ4n) is 3.67. The van der Waals surface area contributed by atoms with Crippen LogP contribution in [0.25, 0.3) is 0 Å². The van der Waals surface area contributed by atoms with E-state index < -0.39 is 0 Å². The fraction of sp³-hybridized carbons (Fsp3) is 0.462. The van der Waals surface area contributed by atoms with Gasteiger partial charge in [0.15, 0.2) is 6.61 Å². The zero-order chi connectivity index (χ0) is 22.6. The molecule has 0 radical (unpaired) electrons. The van der Waals surface area contributed by atoms with E-state index >= 15 is 0 Å². The minimum Gasteiger partial charge on any atom is -0.484 e. The van der Waals surface area contributed by atoms with Gasteiger partial charge in [0.2, 0.25) is 5.91 Å². The summed E-state index contributed by atoms with van der Waals surface area (Å²) >= 11 is 0. The Bertz CT molecular complexity index is 927. The first-order chi connectivity index (χ1) is 14.6. The second-order valence-corrected chi connectivity index (χ2v) is 9.68. The molecule has 5 nitrogen and oxygen atoms in total. The number of fused-ring (bicyclic) bond motifs is 1. The van der Waals surface area contributed by atoms with Crippen molar-refractivity contribution < 1.29 is 14.3 Å². The average Bonchev–Trinajstić information content (AvgIpc) is 2.71. The van der Waals surface area contributed by atoms with Crippen LogP contribution in [0.4, 0.5) is 11.4 Å². The van der Waals surface area contributed by atoms with Gasteiger partial charge in [-0.05, 0) is 65.6 Å². The normalized spacial score (nSPS) is 13.9. The molecule has 0 atom stereocenters. The molecule has 2 aromatic carbocycles. The molecule has 0 bridgehead atoms. The maximum Gasteiger partial charge on any atom is 0.262 e. The Morgan fingerprint density at radius 3 is 2.45 bits per heavy atom. The van der Waals surface area contributed by atoms with Crippen molar-refractivity contribution in [3.63, 3.8) is 0 Å². The lowest BCUT2D eigenvalue weighted by Gasteiger charge is -2.30. The van der Waals surface area contributed by atoms with Gasteiger partial charge in [-0.1, -0.05) is 46.8 Å². The monoisotopic (exact) mass is 422 g/mol. The lowest BCUT2D eigenvalue weighted by Crippen LogP contribution is -2.36. The first kappa shape index (κ1) is 22.9. The largest absolute Gasteiger partial charge is 0.484 e. The SMILES string of the molecule is CC(C)CCN1C(=O)CCc2cc(NC(=O)COc3ccc(C(C)(C)C)cc3)ccc21. The molecule has 31 heavy (non-hydrogen) atoms. The van der Waals surface area contributed by atoms with Crippen molar-refractivity contribution in [3.05, 3.63) is 53.6 Å². The van der Waals surface area contributed by atoms with Crippen molar-refractivity contribution in [3.8, 4) is 5.75 Å². The molecule has 0 saturated heterocycles. The first-order valence-corrected chi connectivity index (χ1v) is 11.1. The topological polar surface area (TPSA) is 58.6 Å². The maximum atomic E-state index is 12.4. The van der Waals surface area contributed by atoms with Gasteiger partial charge in [0.05, 0.1) is 0 Å². The number of anilines is 2. The average molecular weight is 423 g/mol. The van der Waals surface area contributed by atoms with E-state index in [2.05, 4.69) is 39.9 Å². The van der Waals surface area contributed by atoms with Crippen LogP contribution in [-0.2, 0) is 21.4 Å². The van der Waals surface area contributed by atoms with Crippen LogP contribution in [0.15, 0.2) is 42.5 Å². The van der Waals surface area contributed by atoms with Crippen molar-refractivity contribution in [1.29, 1.82) is 0 Å². The number of ether oxygens (including phenoxy) is 1. The Labute approximate surface area is 185 Å². The Morgan fingerprint density at radius 1 is 1.10 bits per heavy atom. The predicted molar refractivity (Wildman–Crippen MR) is 126 cm³/mol. The summed E-state index contributed by atoms with van der Waals surface area (Å²) in [6.07, 6.45) is 2.18. The number of nitrogens with zero attached hydrogens (tertiary/aromatic N) is 1. The second-order valence-electron chi connectivity index (χ2n) is 9.68. The predicted octanol–water partition coefficient (Wildman–Crippen LogP) is 5.33. The van der Waals surface area contributed by atoms with Crippen LogP contribution < -0.4 is 15.0 Å². The number of hydrogen-bond acceptors (Lipinski definition) is 3. The summed E-state index contributed by atoms with van der Waals surface area (Å²) in [5, 5.41) is 2.91. The molecular weight excluding hydrogens is 388 g/mol. The molecule has 2 amide bonds. The summed E-state index contributed by atoms with van der Waals surface area (Å²) in [5.41, 5.74) is 4.09. The molecule has 0 unspecified atom stereocenters. The van der Waals surface area contributed by atoms with Crippen LogP contribution in [0, 0.1) is 5.92 Å². The highest BCUT2D eigenvalue weighted by atomic mass is 16.5. The minimum atomic E-state index is -0.205. The molecule has 0 saturated carbocycles. The van der Waals surface area contributed by atoms with E-state index in [-0.39, 0.29) is 23.8 Å². The third-order valence-electron chi connectivity index (χ3n) is 5.58. The summed E-state index contributed by atoms with van der Waals surface area (Å²) < 4.78 is 5.64. The smallest absolute Gasteiger partial charge is 0.262 e. The standard InChI is InChI=1S/C26H34N2O3/c1-18(2)14-15-28-23-12-9-21(16-19(23)6-13-25(28)30)27-24(29)17-31-22-10-7-20(8-11-22)26(3,4)5/h7-12,16,18H,6,13-15,17H2,1-5H3,(H,27,29). The van der Waals surface area contributed by atoms with Crippen molar-refractivity contribution >= 4 is 23.2 Å².